The van der Waals surface area contributed by atoms with Crippen molar-refractivity contribution in [2.24, 2.45) is 5.92 Å². The molecule has 1 fully saturated rings. The Hall–Kier alpha value is -1.80. The highest BCUT2D eigenvalue weighted by molar-refractivity contribution is 7.89. The van der Waals surface area contributed by atoms with E-state index in [1.165, 1.54) is 0 Å². The molecule has 1 aliphatic carbocycles. The lowest BCUT2D eigenvalue weighted by Gasteiger charge is -2.39. The summed E-state index contributed by atoms with van der Waals surface area (Å²) in [4.78, 5) is 26.2. The number of carbonyl (C=O) groups is 2. The van der Waals surface area contributed by atoms with E-state index in [4.69, 9.17) is 0 Å². The Bertz CT molecular complexity index is 774. The number of nitrogens with one attached hydrogen (secondary N) is 1. The maximum absolute atomic E-state index is 13.3. The number of hydrogen-bond acceptors (Lipinski definition) is 4. The SMILES string of the molecule is CC(C)[C@H](NS(=O)(=O)c1ccc(F)cc1)C(=O)N(C1CCCCC1)[C@@H](C)C=O. The summed E-state index contributed by atoms with van der Waals surface area (Å²) in [6, 6.07) is 2.72. The first-order chi connectivity index (χ1) is 13.2. The van der Waals surface area contributed by atoms with Crippen LogP contribution >= 0.6 is 0 Å². The Balaban J connectivity index is 2.30. The van der Waals surface area contributed by atoms with Gasteiger partial charge in [0.15, 0.2) is 0 Å². The molecule has 0 radical (unpaired) electrons. The Kier molecular flexibility index (Phi) is 7.71. The molecular formula is C20H29FN2O4S. The molecule has 28 heavy (non-hydrogen) atoms. The molecular weight excluding hydrogens is 383 g/mol. The Morgan fingerprint density at radius 3 is 2.21 bits per heavy atom. The van der Waals surface area contributed by atoms with Gasteiger partial charge in [-0.25, -0.2) is 12.8 Å². The third kappa shape index (κ3) is 5.38. The molecule has 0 spiro atoms. The largest absolute Gasteiger partial charge is 0.329 e. The first-order valence-corrected chi connectivity index (χ1v) is 11.2. The summed E-state index contributed by atoms with van der Waals surface area (Å²) in [5.41, 5.74) is 0. The maximum Gasteiger partial charge on any atom is 0.241 e. The van der Waals surface area contributed by atoms with Gasteiger partial charge in [0.05, 0.1) is 10.9 Å². The topological polar surface area (TPSA) is 83.6 Å². The lowest BCUT2D eigenvalue weighted by molar-refractivity contribution is -0.142. The first-order valence-electron chi connectivity index (χ1n) is 9.72. The fraction of sp³-hybridized carbons (Fsp3) is 0.600. The molecule has 0 heterocycles. The average molecular weight is 413 g/mol. The van der Waals surface area contributed by atoms with Gasteiger partial charge in [-0.1, -0.05) is 33.1 Å². The number of halogens is 1. The van der Waals surface area contributed by atoms with Gasteiger partial charge in [0.2, 0.25) is 15.9 Å². The van der Waals surface area contributed by atoms with Crippen LogP contribution in [0.1, 0.15) is 52.9 Å². The van der Waals surface area contributed by atoms with Crippen LogP contribution in [0.15, 0.2) is 29.2 Å². The summed E-state index contributed by atoms with van der Waals surface area (Å²) >= 11 is 0. The van der Waals surface area contributed by atoms with E-state index < -0.39 is 33.8 Å². The molecule has 1 saturated carbocycles. The second kappa shape index (κ2) is 9.60. The molecule has 1 aliphatic rings. The predicted octanol–water partition coefficient (Wildman–Crippen LogP) is 2.88. The first kappa shape index (κ1) is 22.5. The molecule has 1 N–H and O–H groups in total. The highest BCUT2D eigenvalue weighted by atomic mass is 32.2. The van der Waals surface area contributed by atoms with Gasteiger partial charge in [-0.15, -0.1) is 0 Å². The van der Waals surface area contributed by atoms with Gasteiger partial charge in [-0.2, -0.15) is 4.72 Å². The number of nitrogens with zero attached hydrogens (tertiary/aromatic N) is 1. The van der Waals surface area contributed by atoms with Crippen LogP contribution in [-0.2, 0) is 19.6 Å². The van der Waals surface area contributed by atoms with Crippen molar-refractivity contribution in [3.05, 3.63) is 30.1 Å². The molecule has 6 nitrogen and oxygen atoms in total. The Morgan fingerprint density at radius 2 is 1.71 bits per heavy atom. The molecule has 1 amide bonds. The van der Waals surface area contributed by atoms with E-state index in [9.17, 15) is 22.4 Å². The van der Waals surface area contributed by atoms with Crippen LogP contribution in [0.5, 0.6) is 0 Å². The zero-order valence-electron chi connectivity index (χ0n) is 16.6. The van der Waals surface area contributed by atoms with E-state index in [0.29, 0.717) is 0 Å². The van der Waals surface area contributed by atoms with Crippen molar-refractivity contribution in [3.63, 3.8) is 0 Å². The molecule has 1 aromatic carbocycles. The van der Waals surface area contributed by atoms with Crippen molar-refractivity contribution >= 4 is 22.2 Å². The smallest absolute Gasteiger partial charge is 0.241 e. The highest BCUT2D eigenvalue weighted by Crippen LogP contribution is 2.26. The highest BCUT2D eigenvalue weighted by Gasteiger charge is 2.37. The minimum Gasteiger partial charge on any atom is -0.329 e. The number of amides is 1. The molecule has 0 bridgehead atoms. The van der Waals surface area contributed by atoms with Crippen molar-refractivity contribution in [3.8, 4) is 0 Å². The molecule has 0 unspecified atom stereocenters. The van der Waals surface area contributed by atoms with Gasteiger partial charge in [0.1, 0.15) is 18.1 Å². The monoisotopic (exact) mass is 412 g/mol. The second-order valence-corrected chi connectivity index (χ2v) is 9.42. The summed E-state index contributed by atoms with van der Waals surface area (Å²) in [6.07, 6.45) is 5.39. The molecule has 8 heteroatoms. The average Bonchev–Trinajstić information content (AvgIpc) is 2.67. The number of hydrogen-bond donors (Lipinski definition) is 1. The van der Waals surface area contributed by atoms with Crippen LogP contribution in [0, 0.1) is 11.7 Å². The third-order valence-corrected chi connectivity index (χ3v) is 6.65. The fourth-order valence-corrected chi connectivity index (χ4v) is 4.96. The third-order valence-electron chi connectivity index (χ3n) is 5.20. The van der Waals surface area contributed by atoms with Crippen LogP contribution in [0.2, 0.25) is 0 Å². The zero-order valence-corrected chi connectivity index (χ0v) is 17.4. The van der Waals surface area contributed by atoms with Crippen LogP contribution in [0.4, 0.5) is 4.39 Å². The van der Waals surface area contributed by atoms with E-state index >= 15 is 0 Å². The van der Waals surface area contributed by atoms with E-state index in [1.807, 2.05) is 0 Å². The lowest BCUT2D eigenvalue weighted by Crippen LogP contribution is -2.57. The quantitative estimate of drug-likeness (QED) is 0.666. The van der Waals surface area contributed by atoms with Crippen molar-refractivity contribution < 1.29 is 22.4 Å². The Morgan fingerprint density at radius 1 is 1.14 bits per heavy atom. The molecule has 2 atom stereocenters. The lowest BCUT2D eigenvalue weighted by atomic mass is 9.92. The standard InChI is InChI=1S/C20H29FN2O4S/c1-14(2)19(22-28(26,27)18-11-9-16(21)10-12-18)20(25)23(15(3)13-24)17-7-5-4-6-8-17/h9-15,17,19,22H,4-8H2,1-3H3/t15-,19-/m0/s1. The second-order valence-electron chi connectivity index (χ2n) is 7.71. The van der Waals surface area contributed by atoms with Crippen molar-refractivity contribution in [1.29, 1.82) is 0 Å². The number of rotatable bonds is 8. The van der Waals surface area contributed by atoms with Gasteiger partial charge in [-0.05, 0) is 49.9 Å². The summed E-state index contributed by atoms with van der Waals surface area (Å²) in [5.74, 6) is -1.27. The minimum atomic E-state index is -4.02. The number of carbonyl (C=O) groups excluding carboxylic acids is 2. The van der Waals surface area contributed by atoms with Gasteiger partial charge in [0, 0.05) is 6.04 Å². The van der Waals surface area contributed by atoms with Crippen molar-refractivity contribution in [2.75, 3.05) is 0 Å². The van der Waals surface area contributed by atoms with Crippen LogP contribution in [-0.4, -0.2) is 43.6 Å². The normalized spacial score (nSPS) is 17.9. The minimum absolute atomic E-state index is 0.0713. The molecule has 0 saturated heterocycles. The number of aldehydes is 1. The van der Waals surface area contributed by atoms with Gasteiger partial charge < -0.3 is 9.69 Å². The van der Waals surface area contributed by atoms with Gasteiger partial charge in [0.25, 0.3) is 0 Å². The van der Waals surface area contributed by atoms with Gasteiger partial charge in [-0.3, -0.25) is 4.79 Å². The summed E-state index contributed by atoms with van der Waals surface area (Å²) < 4.78 is 41.0. The zero-order chi connectivity index (χ0) is 20.9. The molecule has 0 aliphatic heterocycles. The summed E-state index contributed by atoms with van der Waals surface area (Å²) in [6.45, 7) is 5.16. The van der Waals surface area contributed by atoms with Crippen molar-refractivity contribution in [2.45, 2.75) is 75.9 Å². The number of benzene rings is 1. The van der Waals surface area contributed by atoms with Crippen LogP contribution in [0.25, 0.3) is 0 Å². The van der Waals surface area contributed by atoms with Crippen LogP contribution < -0.4 is 4.72 Å². The molecule has 156 valence electrons. The number of sulfonamides is 1. The van der Waals surface area contributed by atoms with E-state index in [-0.39, 0.29) is 16.9 Å². The van der Waals surface area contributed by atoms with Crippen LogP contribution in [0.3, 0.4) is 0 Å². The maximum atomic E-state index is 13.3. The van der Waals surface area contributed by atoms with Crippen molar-refractivity contribution in [1.82, 2.24) is 9.62 Å². The van der Waals surface area contributed by atoms with E-state index in [1.54, 1.807) is 25.7 Å². The van der Waals surface area contributed by atoms with E-state index in [2.05, 4.69) is 4.72 Å². The van der Waals surface area contributed by atoms with Gasteiger partial charge >= 0.3 is 0 Å². The predicted molar refractivity (Wildman–Crippen MR) is 105 cm³/mol. The fourth-order valence-electron chi connectivity index (χ4n) is 3.62. The summed E-state index contributed by atoms with van der Waals surface area (Å²) in [5, 5.41) is 0. The molecule has 2 rings (SSSR count). The van der Waals surface area contributed by atoms with E-state index in [0.717, 1.165) is 62.7 Å². The Labute approximate surface area is 166 Å². The molecule has 0 aromatic heterocycles. The molecule has 1 aromatic rings. The summed E-state index contributed by atoms with van der Waals surface area (Å²) in [7, 11) is -4.02.